The Bertz CT molecular complexity index is 1230. The Labute approximate surface area is 180 Å². The van der Waals surface area contributed by atoms with E-state index in [0.717, 1.165) is 0 Å². The Morgan fingerprint density at radius 2 is 1.84 bits per heavy atom. The van der Waals surface area contributed by atoms with Crippen molar-refractivity contribution in [3.63, 3.8) is 0 Å². The fourth-order valence-corrected chi connectivity index (χ4v) is 4.87. The largest absolute Gasteiger partial charge is 0.454 e. The van der Waals surface area contributed by atoms with Gasteiger partial charge in [0.2, 0.25) is 10.0 Å². The lowest BCUT2D eigenvalue weighted by atomic mass is 10.1. The highest BCUT2D eigenvalue weighted by Gasteiger charge is 2.31. The average molecular weight is 439 g/mol. The normalized spacial score (nSPS) is 12.9. The summed E-state index contributed by atoms with van der Waals surface area (Å²) in [6.07, 6.45) is 3.06. The Morgan fingerprint density at radius 3 is 2.55 bits per heavy atom. The third-order valence-electron chi connectivity index (χ3n) is 4.83. The van der Waals surface area contributed by atoms with E-state index in [-0.39, 0.29) is 35.0 Å². The minimum atomic E-state index is -3.94. The van der Waals surface area contributed by atoms with Crippen LogP contribution in [0.15, 0.2) is 65.8 Å². The molecule has 9 heteroatoms. The molecule has 1 aromatic heterocycles. The van der Waals surface area contributed by atoms with Gasteiger partial charge in [-0.15, -0.1) is 0 Å². The number of para-hydroxylation sites is 2. The third kappa shape index (κ3) is 3.97. The fraction of sp³-hybridized carbons (Fsp3) is 0.182. The Kier molecular flexibility index (Phi) is 5.62. The topological polar surface area (TPSA) is 97.8 Å². The van der Waals surface area contributed by atoms with E-state index in [1.165, 1.54) is 22.6 Å². The first-order valence-corrected chi connectivity index (χ1v) is 11.2. The van der Waals surface area contributed by atoms with E-state index in [2.05, 4.69) is 10.3 Å². The summed E-state index contributed by atoms with van der Waals surface area (Å²) in [6.45, 7) is 4.05. The lowest BCUT2D eigenvalue weighted by Crippen LogP contribution is -2.31. The molecule has 0 radical (unpaired) electrons. The second kappa shape index (κ2) is 8.37. The molecule has 0 atom stereocenters. The van der Waals surface area contributed by atoms with Gasteiger partial charge in [0.25, 0.3) is 5.91 Å². The van der Waals surface area contributed by atoms with Crippen LogP contribution < -0.4 is 14.8 Å². The van der Waals surface area contributed by atoms with Gasteiger partial charge in [0.15, 0.2) is 11.5 Å². The first kappa shape index (κ1) is 20.8. The van der Waals surface area contributed by atoms with Crippen LogP contribution in [0, 0.1) is 0 Å². The molecule has 1 N–H and O–H groups in total. The number of carbonyl (C=O) groups excluding carboxylic acids is 1. The monoisotopic (exact) mass is 439 g/mol. The molecule has 2 heterocycles. The number of hydrogen-bond acceptors (Lipinski definition) is 6. The summed E-state index contributed by atoms with van der Waals surface area (Å²) in [6, 6.07) is 13.0. The lowest BCUT2D eigenvalue weighted by molar-refractivity contribution is 0.102. The van der Waals surface area contributed by atoms with E-state index in [9.17, 15) is 13.2 Å². The van der Waals surface area contributed by atoms with E-state index >= 15 is 0 Å². The summed E-state index contributed by atoms with van der Waals surface area (Å²) in [4.78, 5) is 16.8. The van der Waals surface area contributed by atoms with Crippen LogP contribution >= 0.6 is 0 Å². The molecule has 0 spiro atoms. The van der Waals surface area contributed by atoms with Gasteiger partial charge in [-0.05, 0) is 30.3 Å². The van der Waals surface area contributed by atoms with Crippen molar-refractivity contribution in [2.45, 2.75) is 18.7 Å². The predicted octanol–water partition coefficient (Wildman–Crippen LogP) is 4.26. The highest BCUT2D eigenvalue weighted by molar-refractivity contribution is 7.89. The molecule has 0 saturated carbocycles. The van der Waals surface area contributed by atoms with Gasteiger partial charge in [0, 0.05) is 25.4 Å². The predicted molar refractivity (Wildman–Crippen MR) is 115 cm³/mol. The van der Waals surface area contributed by atoms with Crippen LogP contribution in [0.4, 0.5) is 5.69 Å². The van der Waals surface area contributed by atoms with Gasteiger partial charge in [-0.1, -0.05) is 26.0 Å². The maximum Gasteiger partial charge on any atom is 0.259 e. The maximum absolute atomic E-state index is 13.4. The summed E-state index contributed by atoms with van der Waals surface area (Å²) in [5.41, 5.74) is 0.590. The van der Waals surface area contributed by atoms with E-state index in [1.807, 2.05) is 0 Å². The van der Waals surface area contributed by atoms with Crippen molar-refractivity contribution in [1.82, 2.24) is 9.29 Å². The number of amides is 1. The number of carbonyl (C=O) groups is 1. The van der Waals surface area contributed by atoms with Crippen molar-refractivity contribution < 1.29 is 22.7 Å². The van der Waals surface area contributed by atoms with Gasteiger partial charge in [0.1, 0.15) is 16.4 Å². The van der Waals surface area contributed by atoms with Crippen LogP contribution in [-0.2, 0) is 10.0 Å². The number of nitrogens with one attached hydrogen (secondary N) is 1. The summed E-state index contributed by atoms with van der Waals surface area (Å²) in [5.74, 6) is 0.577. The van der Waals surface area contributed by atoms with Gasteiger partial charge in [-0.2, -0.15) is 4.31 Å². The van der Waals surface area contributed by atoms with Crippen molar-refractivity contribution in [2.24, 2.45) is 0 Å². The van der Waals surface area contributed by atoms with Crippen molar-refractivity contribution >= 4 is 21.6 Å². The van der Waals surface area contributed by atoms with E-state index < -0.39 is 15.9 Å². The number of hydrogen-bond donors (Lipinski definition) is 1. The molecule has 4 rings (SSSR count). The van der Waals surface area contributed by atoms with Crippen LogP contribution in [-0.4, -0.2) is 36.7 Å². The zero-order valence-corrected chi connectivity index (χ0v) is 17.8. The minimum absolute atomic E-state index is 0.0471. The molecule has 3 aromatic rings. The second-order valence-electron chi connectivity index (χ2n) is 6.73. The highest BCUT2D eigenvalue weighted by Crippen LogP contribution is 2.41. The molecule has 8 nitrogen and oxygen atoms in total. The maximum atomic E-state index is 13.4. The summed E-state index contributed by atoms with van der Waals surface area (Å²) >= 11 is 0. The van der Waals surface area contributed by atoms with Gasteiger partial charge in [-0.25, -0.2) is 8.42 Å². The number of benzene rings is 2. The van der Waals surface area contributed by atoms with Crippen molar-refractivity contribution in [3.8, 4) is 23.0 Å². The molecule has 31 heavy (non-hydrogen) atoms. The summed E-state index contributed by atoms with van der Waals surface area (Å²) in [7, 11) is -3.94. The zero-order chi connectivity index (χ0) is 22.0. The molecule has 1 aliphatic rings. The lowest BCUT2D eigenvalue weighted by Gasteiger charge is -2.21. The number of sulfonamides is 1. The van der Waals surface area contributed by atoms with E-state index in [1.54, 1.807) is 56.4 Å². The van der Waals surface area contributed by atoms with E-state index in [4.69, 9.17) is 9.47 Å². The van der Waals surface area contributed by atoms with Crippen LogP contribution in [0.5, 0.6) is 23.0 Å². The average Bonchev–Trinajstić information content (AvgIpc) is 2.89. The van der Waals surface area contributed by atoms with Crippen LogP contribution in [0.1, 0.15) is 24.2 Å². The highest BCUT2D eigenvalue weighted by atomic mass is 32.2. The number of anilines is 1. The van der Waals surface area contributed by atoms with E-state index in [0.29, 0.717) is 17.2 Å². The smallest absolute Gasteiger partial charge is 0.259 e. The molecule has 2 aromatic carbocycles. The molecular weight excluding hydrogens is 418 g/mol. The molecule has 0 unspecified atom stereocenters. The Morgan fingerprint density at radius 1 is 1.06 bits per heavy atom. The van der Waals surface area contributed by atoms with Gasteiger partial charge >= 0.3 is 0 Å². The van der Waals surface area contributed by atoms with Crippen molar-refractivity contribution in [1.29, 1.82) is 0 Å². The van der Waals surface area contributed by atoms with Gasteiger partial charge in [-0.3, -0.25) is 9.78 Å². The minimum Gasteiger partial charge on any atom is -0.454 e. The van der Waals surface area contributed by atoms with Crippen molar-refractivity contribution in [2.75, 3.05) is 18.4 Å². The van der Waals surface area contributed by atoms with Gasteiger partial charge in [0.05, 0.1) is 17.4 Å². The molecule has 0 saturated heterocycles. The number of nitrogens with zero attached hydrogens (tertiary/aromatic N) is 2. The second-order valence-corrected chi connectivity index (χ2v) is 8.63. The Hall–Kier alpha value is -3.43. The molecule has 160 valence electrons. The standard InChI is InChI=1S/C22H21N3O5S/c1-3-25(4-2)31(27,28)21-12-16-19(13-20(21)29-15-8-7-11-23-14-15)30-18-10-6-5-9-17(18)24-22(16)26/h5-14H,3-4H2,1-2H3,(H,24,26). The molecule has 0 fully saturated rings. The first-order valence-electron chi connectivity index (χ1n) is 9.78. The van der Waals surface area contributed by atoms with Crippen LogP contribution in [0.25, 0.3) is 0 Å². The number of aromatic nitrogens is 1. The quantitative estimate of drug-likeness (QED) is 0.616. The molecule has 0 bridgehead atoms. The van der Waals surface area contributed by atoms with Crippen LogP contribution in [0.2, 0.25) is 0 Å². The van der Waals surface area contributed by atoms with Crippen molar-refractivity contribution in [3.05, 3.63) is 66.5 Å². The SMILES string of the molecule is CCN(CC)S(=O)(=O)c1cc2c(cc1Oc1cccnc1)Oc1ccccc1NC2=O. The molecule has 1 amide bonds. The molecule has 1 aliphatic heterocycles. The fourth-order valence-electron chi connectivity index (χ4n) is 3.29. The molecular formula is C22H21N3O5S. The first-order chi connectivity index (χ1) is 14.9. The van der Waals surface area contributed by atoms with Gasteiger partial charge < -0.3 is 14.8 Å². The third-order valence-corrected chi connectivity index (χ3v) is 6.90. The Balaban J connectivity index is 1.90. The number of fused-ring (bicyclic) bond motifs is 2. The zero-order valence-electron chi connectivity index (χ0n) is 17.0. The summed E-state index contributed by atoms with van der Waals surface area (Å²) < 4.78 is 39.9. The summed E-state index contributed by atoms with van der Waals surface area (Å²) in [5, 5.41) is 2.76. The number of ether oxygens (including phenoxy) is 2. The molecule has 0 aliphatic carbocycles. The van der Waals surface area contributed by atoms with Crippen LogP contribution in [0.3, 0.4) is 0 Å². The number of rotatable bonds is 6. The number of pyridine rings is 1.